The highest BCUT2D eigenvalue weighted by molar-refractivity contribution is 7.86. The second kappa shape index (κ2) is 11.1. The van der Waals surface area contributed by atoms with Gasteiger partial charge in [-0.1, -0.05) is 63.3 Å². The van der Waals surface area contributed by atoms with E-state index in [0.717, 1.165) is 31.7 Å². The Morgan fingerprint density at radius 2 is 1.84 bits per heavy atom. The summed E-state index contributed by atoms with van der Waals surface area (Å²) in [6.45, 7) is 3.75. The van der Waals surface area contributed by atoms with Crippen LogP contribution in [-0.4, -0.2) is 39.3 Å². The number of nitrogens with zero attached hydrogens (tertiary/aromatic N) is 1. The van der Waals surface area contributed by atoms with Gasteiger partial charge in [-0.05, 0) is 12.5 Å². The largest absolute Gasteiger partial charge is 0.437 e. The number of unbranched alkanes of at least 4 members (excludes halogenated alkanes) is 5. The van der Waals surface area contributed by atoms with Crippen molar-refractivity contribution in [3.8, 4) is 0 Å². The highest BCUT2D eigenvalue weighted by atomic mass is 32.2. The number of hydrogen-bond acceptors (Lipinski definition) is 7. The average molecular weight is 480 g/mol. The van der Waals surface area contributed by atoms with Crippen LogP contribution in [0.2, 0.25) is 0 Å². The van der Waals surface area contributed by atoms with Crippen LogP contribution in [0.15, 0.2) is 26.5 Å². The van der Waals surface area contributed by atoms with Crippen molar-refractivity contribution < 1.29 is 35.0 Å². The first-order valence-corrected chi connectivity index (χ1v) is 12.0. The molecule has 0 spiro atoms. The van der Waals surface area contributed by atoms with Crippen LogP contribution >= 0.6 is 0 Å². The summed E-state index contributed by atoms with van der Waals surface area (Å²) in [5, 5.41) is 2.82. The molecule has 7 nitrogen and oxygen atoms in total. The maximum atomic E-state index is 13.6. The van der Waals surface area contributed by atoms with Crippen LogP contribution in [0.3, 0.4) is 0 Å². The standard InChI is InChI=1S/C21H28F3NO6S/c1-4-5-6-7-8-9-12-32(27,28)31-25-19(21(22,23)24)16-13-15-10-11-17(29-3)14(2)18(15)30-20(16)26/h10-11,13-14,17H,4-9,12H2,1-3H3/b25-19+. The average Bonchev–Trinajstić information content (AvgIpc) is 2.71. The molecule has 180 valence electrons. The Bertz CT molecular complexity index is 998. The summed E-state index contributed by atoms with van der Waals surface area (Å²) in [5.41, 5.74) is -3.75. The van der Waals surface area contributed by atoms with Crippen molar-refractivity contribution in [1.29, 1.82) is 0 Å². The van der Waals surface area contributed by atoms with Gasteiger partial charge in [-0.15, -0.1) is 0 Å². The van der Waals surface area contributed by atoms with E-state index in [1.165, 1.54) is 13.2 Å². The van der Waals surface area contributed by atoms with Crippen molar-refractivity contribution in [2.45, 2.75) is 70.6 Å². The lowest BCUT2D eigenvalue weighted by atomic mass is 9.91. The molecule has 2 unspecified atom stereocenters. The van der Waals surface area contributed by atoms with Crippen LogP contribution in [0.5, 0.6) is 0 Å². The summed E-state index contributed by atoms with van der Waals surface area (Å²) in [4.78, 5) is 12.3. The lowest BCUT2D eigenvalue weighted by Crippen LogP contribution is -2.31. The van der Waals surface area contributed by atoms with Crippen LogP contribution in [-0.2, 0) is 19.1 Å². The van der Waals surface area contributed by atoms with E-state index < -0.39 is 51.0 Å². The monoisotopic (exact) mass is 479 g/mol. The highest BCUT2D eigenvalue weighted by Crippen LogP contribution is 2.32. The highest BCUT2D eigenvalue weighted by Gasteiger charge is 2.41. The molecule has 0 aromatic carbocycles. The van der Waals surface area contributed by atoms with Crippen LogP contribution < -0.4 is 5.63 Å². The van der Waals surface area contributed by atoms with E-state index in [4.69, 9.17) is 9.15 Å². The second-order valence-corrected chi connectivity index (χ2v) is 9.33. The first-order valence-electron chi connectivity index (χ1n) is 10.5. The predicted octanol–water partition coefficient (Wildman–Crippen LogP) is 4.76. The van der Waals surface area contributed by atoms with Crippen molar-refractivity contribution in [1.82, 2.24) is 0 Å². The summed E-state index contributed by atoms with van der Waals surface area (Å²) in [6.07, 6.45) is 2.27. The van der Waals surface area contributed by atoms with Gasteiger partial charge in [0.25, 0.3) is 0 Å². The smallest absolute Gasteiger partial charge is 0.426 e. The van der Waals surface area contributed by atoms with Crippen LogP contribution in [0.1, 0.15) is 75.2 Å². The Morgan fingerprint density at radius 1 is 1.19 bits per heavy atom. The molecule has 1 heterocycles. The number of rotatable bonds is 11. The number of halogens is 3. The lowest BCUT2D eigenvalue weighted by molar-refractivity contribution is -0.0598. The number of oxime groups is 1. The van der Waals surface area contributed by atoms with Gasteiger partial charge in [-0.25, -0.2) is 4.79 Å². The molecule has 0 bridgehead atoms. The number of fused-ring (bicyclic) bond motifs is 1. The van der Waals surface area contributed by atoms with Crippen molar-refractivity contribution in [3.05, 3.63) is 39.4 Å². The molecule has 1 aliphatic rings. The number of hydrogen-bond donors (Lipinski definition) is 0. The third-order valence-corrected chi connectivity index (χ3v) is 6.25. The van der Waals surface area contributed by atoms with Gasteiger partial charge < -0.3 is 9.15 Å². The molecule has 0 radical (unpaired) electrons. The van der Waals surface area contributed by atoms with E-state index in [9.17, 15) is 26.4 Å². The third kappa shape index (κ3) is 6.93. The van der Waals surface area contributed by atoms with E-state index in [1.807, 2.05) is 6.92 Å². The van der Waals surface area contributed by atoms with Crippen LogP contribution in [0, 0.1) is 0 Å². The zero-order valence-electron chi connectivity index (χ0n) is 18.3. The summed E-state index contributed by atoms with van der Waals surface area (Å²) >= 11 is 0. The number of alkyl halides is 3. The molecule has 32 heavy (non-hydrogen) atoms. The maximum Gasteiger partial charge on any atom is 0.437 e. The molecular formula is C21H28F3NO6S. The van der Waals surface area contributed by atoms with Gasteiger partial charge in [-0.2, -0.15) is 21.6 Å². The van der Waals surface area contributed by atoms with E-state index in [2.05, 4.69) is 9.44 Å². The van der Waals surface area contributed by atoms with Crippen LogP contribution in [0.25, 0.3) is 6.08 Å². The zero-order chi connectivity index (χ0) is 23.9. The normalized spacial score (nSPS) is 19.1. The molecule has 1 aromatic heterocycles. The lowest BCUT2D eigenvalue weighted by Gasteiger charge is -2.24. The fourth-order valence-electron chi connectivity index (χ4n) is 3.39. The summed E-state index contributed by atoms with van der Waals surface area (Å²) in [7, 11) is -2.88. The van der Waals surface area contributed by atoms with E-state index in [1.54, 1.807) is 13.0 Å². The zero-order valence-corrected chi connectivity index (χ0v) is 19.1. The number of ether oxygens (including phenoxy) is 1. The number of methoxy groups -OCH3 is 1. The molecule has 0 N–H and O–H groups in total. The first-order chi connectivity index (χ1) is 15.0. The van der Waals surface area contributed by atoms with Gasteiger partial charge in [0.05, 0.1) is 17.4 Å². The molecule has 11 heteroatoms. The molecule has 0 aliphatic heterocycles. The first kappa shape index (κ1) is 26.1. The minimum Gasteiger partial charge on any atom is -0.426 e. The summed E-state index contributed by atoms with van der Waals surface area (Å²) < 4.78 is 79.4. The Hall–Kier alpha value is -2.14. The predicted molar refractivity (Wildman–Crippen MR) is 114 cm³/mol. The fraction of sp³-hybridized carbons (Fsp3) is 0.619. The van der Waals surface area contributed by atoms with Crippen molar-refractivity contribution >= 4 is 21.9 Å². The van der Waals surface area contributed by atoms with Gasteiger partial charge in [0.2, 0.25) is 0 Å². The molecule has 1 aliphatic carbocycles. The van der Waals surface area contributed by atoms with Gasteiger partial charge in [0, 0.05) is 18.6 Å². The Morgan fingerprint density at radius 3 is 2.47 bits per heavy atom. The SMILES string of the molecule is CCCCCCCCS(=O)(=O)O/N=C(\c1cc2c(oc1=O)C(C)C(OC)C=C2)C(F)(F)F. The van der Waals surface area contributed by atoms with Gasteiger partial charge in [0.1, 0.15) is 5.76 Å². The second-order valence-electron chi connectivity index (χ2n) is 7.66. The van der Waals surface area contributed by atoms with Gasteiger partial charge in [-0.3, -0.25) is 4.28 Å². The molecule has 2 atom stereocenters. The molecule has 0 amide bonds. The molecular weight excluding hydrogens is 451 g/mol. The summed E-state index contributed by atoms with van der Waals surface area (Å²) in [5.74, 6) is -0.696. The minimum absolute atomic E-state index is 0.172. The molecule has 0 saturated carbocycles. The molecule has 1 aromatic rings. The molecule has 2 rings (SSSR count). The van der Waals surface area contributed by atoms with Crippen molar-refractivity contribution in [2.24, 2.45) is 5.16 Å². The Balaban J connectivity index is 2.24. The van der Waals surface area contributed by atoms with Gasteiger partial charge >= 0.3 is 21.9 Å². The topological polar surface area (TPSA) is 95.2 Å². The van der Waals surface area contributed by atoms with E-state index in [-0.39, 0.29) is 17.7 Å². The maximum absolute atomic E-state index is 13.6. The molecule has 0 fully saturated rings. The van der Waals surface area contributed by atoms with Crippen molar-refractivity contribution in [2.75, 3.05) is 12.9 Å². The fourth-order valence-corrected chi connectivity index (χ4v) is 4.21. The Labute approximate surface area is 185 Å². The third-order valence-electron chi connectivity index (χ3n) is 5.16. The van der Waals surface area contributed by atoms with E-state index >= 15 is 0 Å². The van der Waals surface area contributed by atoms with E-state index in [0.29, 0.717) is 6.42 Å². The minimum atomic E-state index is -5.14. The summed E-state index contributed by atoms with van der Waals surface area (Å²) in [6, 6.07) is 0.968. The Kier molecular flexibility index (Phi) is 9.08. The quantitative estimate of drug-likeness (QED) is 0.258. The molecule has 0 saturated heterocycles. The van der Waals surface area contributed by atoms with Gasteiger partial charge in [0.15, 0.2) is 5.71 Å². The van der Waals surface area contributed by atoms with Crippen molar-refractivity contribution in [3.63, 3.8) is 0 Å². The van der Waals surface area contributed by atoms with Crippen LogP contribution in [0.4, 0.5) is 13.2 Å².